The minimum Gasteiger partial charge on any atom is -0.497 e. The van der Waals surface area contributed by atoms with Crippen LogP contribution in [-0.4, -0.2) is 44.6 Å². The summed E-state index contributed by atoms with van der Waals surface area (Å²) in [5, 5.41) is 6.69. The highest BCUT2D eigenvalue weighted by molar-refractivity contribution is 7.90. The molecular weight excluding hydrogens is 410 g/mol. The van der Waals surface area contributed by atoms with Crippen LogP contribution >= 0.6 is 0 Å². The molecular formula is C20H19N3O6S. The van der Waals surface area contributed by atoms with Crippen LogP contribution in [0.1, 0.15) is 10.5 Å². The molecule has 1 aromatic heterocycles. The summed E-state index contributed by atoms with van der Waals surface area (Å²) in [5.74, 6) is 0.0468. The molecule has 3 rings (SSSR count). The Morgan fingerprint density at radius 1 is 1.00 bits per heavy atom. The van der Waals surface area contributed by atoms with Gasteiger partial charge >= 0.3 is 0 Å². The number of anilines is 1. The van der Waals surface area contributed by atoms with Gasteiger partial charge < -0.3 is 14.8 Å². The standard InChI is InChI=1S/C20H19N3O6S/c1-28-15-8-6-14(7-9-15)23-18(29-2)12-17(24)19(22-23)20(25)21-13-4-10-16(11-5-13)30(3,26)27/h4-12H,1-3H3,(H,21,25). The fourth-order valence-electron chi connectivity index (χ4n) is 2.63. The van der Waals surface area contributed by atoms with Crippen LogP contribution in [0.25, 0.3) is 5.69 Å². The van der Waals surface area contributed by atoms with Gasteiger partial charge in [0, 0.05) is 11.9 Å². The average Bonchev–Trinajstić information content (AvgIpc) is 2.73. The Balaban J connectivity index is 1.94. The molecule has 1 N–H and O–H groups in total. The topological polar surface area (TPSA) is 117 Å². The van der Waals surface area contributed by atoms with Gasteiger partial charge in [0.15, 0.2) is 15.5 Å². The Morgan fingerprint density at radius 2 is 1.63 bits per heavy atom. The maximum atomic E-state index is 12.6. The molecule has 0 unspecified atom stereocenters. The van der Waals surface area contributed by atoms with Crippen LogP contribution in [0.5, 0.6) is 11.6 Å². The van der Waals surface area contributed by atoms with E-state index in [9.17, 15) is 18.0 Å². The number of benzene rings is 2. The molecule has 0 aliphatic rings. The zero-order chi connectivity index (χ0) is 21.9. The molecule has 156 valence electrons. The lowest BCUT2D eigenvalue weighted by atomic mass is 10.2. The molecule has 3 aromatic rings. The molecule has 1 heterocycles. The van der Waals surface area contributed by atoms with E-state index in [4.69, 9.17) is 9.47 Å². The molecule has 10 heteroatoms. The summed E-state index contributed by atoms with van der Waals surface area (Å²) in [6, 6.07) is 13.6. The number of hydrogen-bond acceptors (Lipinski definition) is 7. The third-order valence-electron chi connectivity index (χ3n) is 4.18. The Bertz CT molecular complexity index is 1230. The molecule has 2 aromatic carbocycles. The number of carbonyl (C=O) groups is 1. The van der Waals surface area contributed by atoms with Crippen molar-refractivity contribution in [2.75, 3.05) is 25.8 Å². The number of nitrogens with zero attached hydrogens (tertiary/aromatic N) is 2. The van der Waals surface area contributed by atoms with Crippen molar-refractivity contribution in [1.29, 1.82) is 0 Å². The summed E-state index contributed by atoms with van der Waals surface area (Å²) >= 11 is 0. The summed E-state index contributed by atoms with van der Waals surface area (Å²) in [6.45, 7) is 0. The van der Waals surface area contributed by atoms with E-state index < -0.39 is 21.2 Å². The molecule has 30 heavy (non-hydrogen) atoms. The molecule has 0 saturated carbocycles. The number of nitrogens with one attached hydrogen (secondary N) is 1. The van der Waals surface area contributed by atoms with Gasteiger partial charge in [-0.1, -0.05) is 0 Å². The Labute approximate surface area is 172 Å². The Kier molecular flexibility index (Phi) is 5.88. The zero-order valence-corrected chi connectivity index (χ0v) is 17.3. The van der Waals surface area contributed by atoms with Crippen molar-refractivity contribution in [3.8, 4) is 17.3 Å². The van der Waals surface area contributed by atoms with Crippen LogP contribution in [0.4, 0.5) is 5.69 Å². The third kappa shape index (κ3) is 4.49. The fraction of sp³-hybridized carbons (Fsp3) is 0.150. The lowest BCUT2D eigenvalue weighted by Gasteiger charge is -2.13. The van der Waals surface area contributed by atoms with Crippen LogP contribution in [0.2, 0.25) is 0 Å². The number of rotatable bonds is 6. The molecule has 0 fully saturated rings. The highest BCUT2D eigenvalue weighted by atomic mass is 32.2. The van der Waals surface area contributed by atoms with E-state index in [0.29, 0.717) is 17.1 Å². The number of carbonyl (C=O) groups excluding carboxylic acids is 1. The first-order valence-corrected chi connectivity index (χ1v) is 10.6. The maximum absolute atomic E-state index is 12.6. The van der Waals surface area contributed by atoms with Gasteiger partial charge in [-0.25, -0.2) is 13.1 Å². The van der Waals surface area contributed by atoms with Crippen LogP contribution in [0.15, 0.2) is 64.3 Å². The van der Waals surface area contributed by atoms with Crippen LogP contribution in [0.3, 0.4) is 0 Å². The van der Waals surface area contributed by atoms with Gasteiger partial charge in [-0.2, -0.15) is 5.10 Å². The molecule has 0 spiro atoms. The number of hydrogen-bond donors (Lipinski definition) is 1. The first kappa shape index (κ1) is 21.1. The van der Waals surface area contributed by atoms with Crippen LogP contribution in [-0.2, 0) is 9.84 Å². The summed E-state index contributed by atoms with van der Waals surface area (Å²) < 4.78 is 34.8. The van der Waals surface area contributed by atoms with E-state index in [-0.39, 0.29) is 16.5 Å². The molecule has 0 atom stereocenters. The number of ether oxygens (including phenoxy) is 2. The minimum atomic E-state index is -3.36. The van der Waals surface area contributed by atoms with Crippen LogP contribution in [0, 0.1) is 0 Å². The van der Waals surface area contributed by atoms with E-state index in [2.05, 4.69) is 10.4 Å². The monoisotopic (exact) mass is 429 g/mol. The van der Waals surface area contributed by atoms with Crippen molar-refractivity contribution in [3.05, 3.63) is 70.5 Å². The van der Waals surface area contributed by atoms with E-state index >= 15 is 0 Å². The molecule has 0 aliphatic carbocycles. The van der Waals surface area contributed by atoms with Gasteiger partial charge in [-0.3, -0.25) is 9.59 Å². The van der Waals surface area contributed by atoms with Gasteiger partial charge in [-0.15, -0.1) is 0 Å². The highest BCUT2D eigenvalue weighted by Gasteiger charge is 2.18. The molecule has 0 saturated heterocycles. The molecule has 0 radical (unpaired) electrons. The Hall–Kier alpha value is -3.66. The normalized spacial score (nSPS) is 11.0. The van der Waals surface area contributed by atoms with Crippen molar-refractivity contribution in [1.82, 2.24) is 9.78 Å². The van der Waals surface area contributed by atoms with Crippen molar-refractivity contribution in [2.24, 2.45) is 0 Å². The first-order valence-electron chi connectivity index (χ1n) is 8.67. The van der Waals surface area contributed by atoms with Gasteiger partial charge in [0.25, 0.3) is 5.91 Å². The molecule has 9 nitrogen and oxygen atoms in total. The Morgan fingerprint density at radius 3 is 2.17 bits per heavy atom. The smallest absolute Gasteiger partial charge is 0.280 e. The number of methoxy groups -OCH3 is 2. The lowest BCUT2D eigenvalue weighted by Crippen LogP contribution is -2.26. The van der Waals surface area contributed by atoms with E-state index in [1.54, 1.807) is 24.3 Å². The predicted octanol–water partition coefficient (Wildman–Crippen LogP) is 1.91. The van der Waals surface area contributed by atoms with Gasteiger partial charge in [0.05, 0.1) is 30.9 Å². The predicted molar refractivity (Wildman–Crippen MR) is 110 cm³/mol. The van der Waals surface area contributed by atoms with Crippen LogP contribution < -0.4 is 20.2 Å². The van der Waals surface area contributed by atoms with Crippen molar-refractivity contribution in [3.63, 3.8) is 0 Å². The second-order valence-corrected chi connectivity index (χ2v) is 8.28. The van der Waals surface area contributed by atoms with Crippen molar-refractivity contribution >= 4 is 21.4 Å². The molecule has 1 amide bonds. The number of aromatic nitrogens is 2. The summed E-state index contributed by atoms with van der Waals surface area (Å²) in [5.41, 5.74) is -0.0969. The quantitative estimate of drug-likeness (QED) is 0.636. The van der Waals surface area contributed by atoms with Gasteiger partial charge in [0.1, 0.15) is 5.75 Å². The highest BCUT2D eigenvalue weighted by Crippen LogP contribution is 2.19. The summed E-state index contributed by atoms with van der Waals surface area (Å²) in [7, 11) is -0.429. The summed E-state index contributed by atoms with van der Waals surface area (Å²) in [6.07, 6.45) is 1.09. The minimum absolute atomic E-state index is 0.116. The largest absolute Gasteiger partial charge is 0.497 e. The second kappa shape index (κ2) is 8.37. The molecule has 0 bridgehead atoms. The lowest BCUT2D eigenvalue weighted by molar-refractivity contribution is 0.101. The second-order valence-electron chi connectivity index (χ2n) is 6.26. The number of amides is 1. The van der Waals surface area contributed by atoms with Gasteiger partial charge in [-0.05, 0) is 48.5 Å². The van der Waals surface area contributed by atoms with Crippen molar-refractivity contribution < 1.29 is 22.7 Å². The molecule has 0 aliphatic heterocycles. The number of sulfone groups is 1. The van der Waals surface area contributed by atoms with E-state index in [1.165, 1.54) is 49.2 Å². The van der Waals surface area contributed by atoms with Gasteiger partial charge in [0.2, 0.25) is 11.3 Å². The first-order chi connectivity index (χ1) is 14.2. The SMILES string of the molecule is COc1ccc(-n2nc(C(=O)Nc3ccc(S(C)(=O)=O)cc3)c(=O)cc2OC)cc1. The summed E-state index contributed by atoms with van der Waals surface area (Å²) in [4.78, 5) is 25.1. The van der Waals surface area contributed by atoms with E-state index in [0.717, 1.165) is 6.26 Å². The fourth-order valence-corrected chi connectivity index (χ4v) is 3.26. The third-order valence-corrected chi connectivity index (χ3v) is 5.31. The maximum Gasteiger partial charge on any atom is 0.280 e. The zero-order valence-electron chi connectivity index (χ0n) is 16.4. The van der Waals surface area contributed by atoms with E-state index in [1.807, 2.05) is 0 Å². The van der Waals surface area contributed by atoms with Crippen molar-refractivity contribution in [2.45, 2.75) is 4.90 Å². The average molecular weight is 429 g/mol.